The number of nitrogens with one attached hydrogen (secondary N) is 3. The third-order valence-corrected chi connectivity index (χ3v) is 4.98. The van der Waals surface area contributed by atoms with Crippen LogP contribution in [0.4, 0.5) is 23.7 Å². The van der Waals surface area contributed by atoms with Crippen molar-refractivity contribution in [3.05, 3.63) is 54.4 Å². The second-order valence-electron chi connectivity index (χ2n) is 6.62. The lowest BCUT2D eigenvalue weighted by atomic mass is 10.1. The van der Waals surface area contributed by atoms with Crippen molar-refractivity contribution in [3.63, 3.8) is 0 Å². The topological polar surface area (TPSA) is 117 Å². The van der Waals surface area contributed by atoms with E-state index in [2.05, 4.69) is 10.3 Å². The van der Waals surface area contributed by atoms with Crippen molar-refractivity contribution in [3.8, 4) is 11.3 Å². The zero-order valence-electron chi connectivity index (χ0n) is 16.9. The van der Waals surface area contributed by atoms with Gasteiger partial charge in [-0.05, 0) is 36.0 Å². The molecule has 2 aromatic heterocycles. The van der Waals surface area contributed by atoms with Gasteiger partial charge in [0.15, 0.2) is 0 Å². The number of nitrogens with zero attached hydrogens (tertiary/aromatic N) is 2. The van der Waals surface area contributed by atoms with Gasteiger partial charge in [0.1, 0.15) is 23.8 Å². The summed E-state index contributed by atoms with van der Waals surface area (Å²) in [6.45, 7) is -1.18. The third-order valence-electron chi connectivity index (χ3n) is 4.16. The summed E-state index contributed by atoms with van der Waals surface area (Å²) in [5, 5.41) is 18.9. The number of alkyl halides is 3. The number of carbonyl (C=O) groups excluding carboxylic acids is 1. The van der Waals surface area contributed by atoms with E-state index in [4.69, 9.17) is 15.6 Å². The minimum Gasteiger partial charge on any atom is -0.373 e. The second-order valence-corrected chi connectivity index (χ2v) is 7.76. The smallest absolute Gasteiger partial charge is 0.373 e. The Balaban J connectivity index is 1.77. The SMILES string of the molecule is COCC(=[NH2+])SC(=N)c1ccn2c(-c3cccc(NC(=O)NCC(F)(F)F)c3)cnc2c1. The summed E-state index contributed by atoms with van der Waals surface area (Å²) in [5.74, 6) is 0. The summed E-state index contributed by atoms with van der Waals surface area (Å²) in [6, 6.07) is 9.19. The van der Waals surface area contributed by atoms with Gasteiger partial charge in [0.25, 0.3) is 0 Å². The Morgan fingerprint density at radius 2 is 2.09 bits per heavy atom. The van der Waals surface area contributed by atoms with Gasteiger partial charge in [0, 0.05) is 30.1 Å². The van der Waals surface area contributed by atoms with Crippen LogP contribution >= 0.6 is 11.8 Å². The normalized spacial score (nSPS) is 11.4. The number of fused-ring (bicyclic) bond motifs is 1. The summed E-state index contributed by atoms with van der Waals surface area (Å²) in [5.41, 5.74) is 2.96. The maximum Gasteiger partial charge on any atom is 0.405 e. The number of carbonyl (C=O) groups is 1. The molecule has 0 spiro atoms. The van der Waals surface area contributed by atoms with Gasteiger partial charge in [-0.1, -0.05) is 12.1 Å². The zero-order valence-corrected chi connectivity index (χ0v) is 17.7. The van der Waals surface area contributed by atoms with Crippen LogP contribution in [-0.2, 0) is 4.74 Å². The Morgan fingerprint density at radius 3 is 2.81 bits per heavy atom. The summed E-state index contributed by atoms with van der Waals surface area (Å²) in [7, 11) is 1.52. The van der Waals surface area contributed by atoms with Crippen LogP contribution in [0.3, 0.4) is 0 Å². The molecule has 0 aliphatic rings. The highest BCUT2D eigenvalue weighted by Gasteiger charge is 2.27. The Hall–Kier alpha value is -3.38. The number of halogens is 3. The number of hydrogen-bond donors (Lipinski definition) is 4. The number of rotatable bonds is 6. The number of ether oxygens (including phenoxy) is 1. The number of aromatic nitrogens is 2. The van der Waals surface area contributed by atoms with Crippen molar-refractivity contribution in [2.24, 2.45) is 0 Å². The van der Waals surface area contributed by atoms with E-state index in [9.17, 15) is 18.0 Å². The molecule has 0 aliphatic carbocycles. The van der Waals surface area contributed by atoms with Crippen LogP contribution in [-0.4, -0.2) is 51.9 Å². The fourth-order valence-electron chi connectivity index (χ4n) is 2.81. The first kappa shape index (κ1) is 23.3. The number of thioether (sulfide) groups is 1. The van der Waals surface area contributed by atoms with Crippen molar-refractivity contribution in [2.75, 3.05) is 25.6 Å². The lowest BCUT2D eigenvalue weighted by Crippen LogP contribution is -2.40. The van der Waals surface area contributed by atoms with Crippen LogP contribution in [0.25, 0.3) is 16.9 Å². The molecular formula is C20H20F3N6O2S+. The minimum absolute atomic E-state index is 0.238. The average Bonchev–Trinajstić information content (AvgIpc) is 3.15. The van der Waals surface area contributed by atoms with Crippen LogP contribution in [0, 0.1) is 5.41 Å². The van der Waals surface area contributed by atoms with Gasteiger partial charge in [0.05, 0.1) is 11.9 Å². The van der Waals surface area contributed by atoms with Crippen molar-refractivity contribution in [1.82, 2.24) is 14.7 Å². The van der Waals surface area contributed by atoms with Gasteiger partial charge in [-0.2, -0.15) is 13.2 Å². The molecule has 0 bridgehead atoms. The molecule has 0 aliphatic heterocycles. The fourth-order valence-corrected chi connectivity index (χ4v) is 3.49. The van der Waals surface area contributed by atoms with Gasteiger partial charge in [-0.15, -0.1) is 0 Å². The van der Waals surface area contributed by atoms with Crippen molar-refractivity contribution in [2.45, 2.75) is 6.18 Å². The fraction of sp³-hybridized carbons (Fsp3) is 0.200. The van der Waals surface area contributed by atoms with Crippen molar-refractivity contribution in [1.29, 1.82) is 5.41 Å². The van der Waals surface area contributed by atoms with Crippen LogP contribution in [0.1, 0.15) is 5.56 Å². The van der Waals surface area contributed by atoms with Crippen molar-refractivity contribution >= 4 is 39.2 Å². The van der Waals surface area contributed by atoms with Crippen LogP contribution < -0.4 is 16.0 Å². The first-order chi connectivity index (χ1) is 15.2. The molecule has 5 N–H and O–H groups in total. The van der Waals surface area contributed by atoms with Crippen molar-refractivity contribution < 1.29 is 28.1 Å². The van der Waals surface area contributed by atoms with Crippen LogP contribution in [0.5, 0.6) is 0 Å². The Bertz CT molecular complexity index is 1160. The van der Waals surface area contributed by atoms with Crippen LogP contribution in [0.2, 0.25) is 0 Å². The average molecular weight is 465 g/mol. The van der Waals surface area contributed by atoms with Gasteiger partial charge >= 0.3 is 12.2 Å². The quantitative estimate of drug-likeness (QED) is 0.331. The lowest BCUT2D eigenvalue weighted by molar-refractivity contribution is -0.122. The monoisotopic (exact) mass is 465 g/mol. The summed E-state index contributed by atoms with van der Waals surface area (Å²) in [4.78, 5) is 16.1. The first-order valence-corrected chi connectivity index (χ1v) is 10.0. The highest BCUT2D eigenvalue weighted by molar-refractivity contribution is 8.26. The molecule has 32 heavy (non-hydrogen) atoms. The Kier molecular flexibility index (Phi) is 7.15. The molecule has 168 valence electrons. The first-order valence-electron chi connectivity index (χ1n) is 9.22. The molecule has 3 aromatic rings. The molecule has 8 nitrogen and oxygen atoms in total. The van der Waals surface area contributed by atoms with E-state index in [0.29, 0.717) is 33.2 Å². The highest BCUT2D eigenvalue weighted by atomic mass is 32.2. The molecule has 0 saturated heterocycles. The lowest BCUT2D eigenvalue weighted by Gasteiger charge is -2.11. The van der Waals surface area contributed by atoms with E-state index in [1.165, 1.54) is 7.11 Å². The number of anilines is 1. The van der Waals surface area contributed by atoms with E-state index in [0.717, 1.165) is 11.8 Å². The van der Waals surface area contributed by atoms with E-state index in [1.807, 2.05) is 0 Å². The largest absolute Gasteiger partial charge is 0.405 e. The van der Waals surface area contributed by atoms with E-state index in [-0.39, 0.29) is 11.7 Å². The summed E-state index contributed by atoms with van der Waals surface area (Å²) in [6.07, 6.45) is -1.11. The predicted molar refractivity (Wildman–Crippen MR) is 117 cm³/mol. The minimum atomic E-state index is -4.49. The number of hydrogen-bond acceptors (Lipinski definition) is 5. The maximum atomic E-state index is 12.2. The molecule has 0 atom stereocenters. The predicted octanol–water partition coefficient (Wildman–Crippen LogP) is 2.55. The molecule has 0 radical (unpaired) electrons. The Morgan fingerprint density at radius 1 is 1.31 bits per heavy atom. The molecular weight excluding hydrogens is 445 g/mol. The van der Waals surface area contributed by atoms with Crippen LogP contribution in [0.15, 0.2) is 48.8 Å². The molecule has 0 unspecified atom stereocenters. The summed E-state index contributed by atoms with van der Waals surface area (Å²) >= 11 is 1.10. The number of nitrogens with two attached hydrogens (primary N) is 1. The number of pyridine rings is 1. The zero-order chi connectivity index (χ0) is 23.3. The van der Waals surface area contributed by atoms with Gasteiger partial charge in [0.2, 0.25) is 5.04 Å². The Labute approximate surface area is 185 Å². The molecule has 2 heterocycles. The number of imidazole rings is 1. The number of methoxy groups -OCH3 is 1. The van der Waals surface area contributed by atoms with E-state index in [1.54, 1.807) is 58.5 Å². The highest BCUT2D eigenvalue weighted by Crippen LogP contribution is 2.25. The standard InChI is InChI=1S/C20H19F3N6O2S/c1-31-10-16(24)32-18(25)13-5-6-29-15(9-26-17(29)8-13)12-3-2-4-14(7-12)28-19(30)27-11-20(21,22)23/h2-9,24-25H,10-11H2,1H3,(H2,27,28,30)/p+1. The molecule has 12 heteroatoms. The van der Waals surface area contributed by atoms with E-state index >= 15 is 0 Å². The molecule has 2 amide bonds. The van der Waals surface area contributed by atoms with E-state index < -0.39 is 18.8 Å². The molecule has 3 rings (SSSR count). The van der Waals surface area contributed by atoms with Gasteiger partial charge in [-0.25, -0.2) is 9.78 Å². The summed E-state index contributed by atoms with van der Waals surface area (Å²) < 4.78 is 43.5. The third kappa shape index (κ3) is 6.08. The second kappa shape index (κ2) is 9.83. The maximum absolute atomic E-state index is 12.2. The molecule has 0 fully saturated rings. The number of urea groups is 1. The van der Waals surface area contributed by atoms with Gasteiger partial charge in [-0.3, -0.25) is 15.2 Å². The van der Waals surface area contributed by atoms with Gasteiger partial charge < -0.3 is 15.4 Å². The molecule has 1 aromatic carbocycles. The molecule has 0 saturated carbocycles. The number of benzene rings is 1. The number of amides is 2.